The number of halogens is 3. The first-order valence-corrected chi connectivity index (χ1v) is 11.4. The van der Waals surface area contributed by atoms with E-state index in [0.29, 0.717) is 30.8 Å². The van der Waals surface area contributed by atoms with Gasteiger partial charge in [0.1, 0.15) is 17.4 Å². The lowest BCUT2D eigenvalue weighted by molar-refractivity contribution is -0.137. The number of nitriles is 1. The van der Waals surface area contributed by atoms with E-state index in [0.717, 1.165) is 29.1 Å². The van der Waals surface area contributed by atoms with Gasteiger partial charge in [-0.25, -0.2) is 0 Å². The van der Waals surface area contributed by atoms with Gasteiger partial charge in [0.25, 0.3) is 5.91 Å². The number of alkyl halides is 3. The van der Waals surface area contributed by atoms with Gasteiger partial charge in [-0.3, -0.25) is 9.69 Å². The van der Waals surface area contributed by atoms with Crippen molar-refractivity contribution in [2.45, 2.75) is 37.1 Å². The second-order valence-corrected chi connectivity index (χ2v) is 9.30. The van der Waals surface area contributed by atoms with E-state index in [1.807, 2.05) is 18.0 Å². The van der Waals surface area contributed by atoms with Gasteiger partial charge in [0.05, 0.1) is 41.7 Å². The van der Waals surface area contributed by atoms with Crippen molar-refractivity contribution in [2.75, 3.05) is 34.9 Å². The van der Waals surface area contributed by atoms with E-state index in [1.54, 1.807) is 23.1 Å². The van der Waals surface area contributed by atoms with Gasteiger partial charge >= 0.3 is 6.18 Å². The van der Waals surface area contributed by atoms with Crippen LogP contribution >= 0.6 is 12.2 Å². The van der Waals surface area contributed by atoms with Crippen molar-refractivity contribution in [3.63, 3.8) is 0 Å². The van der Waals surface area contributed by atoms with Gasteiger partial charge in [-0.05, 0) is 67.9 Å². The van der Waals surface area contributed by atoms with E-state index in [1.165, 1.54) is 6.07 Å². The van der Waals surface area contributed by atoms with Crippen LogP contribution in [0.2, 0.25) is 0 Å². The number of amides is 1. The minimum atomic E-state index is -4.76. The Bertz CT molecular complexity index is 1270. The predicted molar refractivity (Wildman–Crippen MR) is 127 cm³/mol. The van der Waals surface area contributed by atoms with Crippen LogP contribution in [0.15, 0.2) is 36.4 Å². The summed E-state index contributed by atoms with van der Waals surface area (Å²) in [4.78, 5) is 18.5. The number of likely N-dealkylation sites (N-methyl/N-ethyl adjacent to an activating group) is 1. The first kappa shape index (κ1) is 23.4. The van der Waals surface area contributed by atoms with E-state index in [-0.39, 0.29) is 29.4 Å². The summed E-state index contributed by atoms with van der Waals surface area (Å²) in [6, 6.07) is 10.1. The molecule has 7 nitrogen and oxygen atoms in total. The minimum Gasteiger partial charge on any atom is -0.484 e. The number of nitrogens with zero attached hydrogens (tertiary/aromatic N) is 4. The zero-order valence-electron chi connectivity index (χ0n) is 18.7. The standard InChI is InChI=1S/C24H21F3N4O3S/c1-29-12-17(13-32)34-20-6-5-16(10-19(20)29)31-22(35)30(21(33)23(31)7-2-8-23)15-4-3-14(11-28)18(9-15)24(25,26)27/h3-6,9-10,17,32H,2,7-8,12-13H2,1H3/t17-/m1/s1. The van der Waals surface area contributed by atoms with E-state index in [4.69, 9.17) is 22.2 Å². The summed E-state index contributed by atoms with van der Waals surface area (Å²) in [5, 5.41) is 18.7. The van der Waals surface area contributed by atoms with E-state index >= 15 is 0 Å². The van der Waals surface area contributed by atoms with Crippen molar-refractivity contribution in [3.05, 3.63) is 47.5 Å². The van der Waals surface area contributed by atoms with Gasteiger partial charge in [0, 0.05) is 12.7 Å². The number of carbonyl (C=O) groups excluding carboxylic acids is 1. The van der Waals surface area contributed by atoms with Gasteiger partial charge in [-0.15, -0.1) is 0 Å². The van der Waals surface area contributed by atoms with E-state index in [9.17, 15) is 23.1 Å². The molecule has 1 spiro atoms. The number of fused-ring (bicyclic) bond motifs is 1. The number of thiocarbonyl (C=S) groups is 1. The topological polar surface area (TPSA) is 80.0 Å². The fourth-order valence-electron chi connectivity index (χ4n) is 4.97. The van der Waals surface area contributed by atoms with Crippen molar-refractivity contribution in [3.8, 4) is 11.8 Å². The number of rotatable bonds is 3. The smallest absolute Gasteiger partial charge is 0.417 e. The van der Waals surface area contributed by atoms with Gasteiger partial charge < -0.3 is 19.6 Å². The molecule has 35 heavy (non-hydrogen) atoms. The van der Waals surface area contributed by atoms with Crippen LogP contribution < -0.4 is 19.4 Å². The number of aliphatic hydroxyl groups excluding tert-OH is 1. The van der Waals surface area contributed by atoms with Crippen molar-refractivity contribution in [1.29, 1.82) is 5.26 Å². The highest BCUT2D eigenvalue weighted by molar-refractivity contribution is 7.81. The van der Waals surface area contributed by atoms with E-state index in [2.05, 4.69) is 0 Å². The minimum absolute atomic E-state index is 0.0238. The maximum absolute atomic E-state index is 13.6. The van der Waals surface area contributed by atoms with Crippen LogP contribution in [0.5, 0.6) is 5.75 Å². The molecule has 1 aliphatic carbocycles. The third kappa shape index (κ3) is 3.51. The highest BCUT2D eigenvalue weighted by Gasteiger charge is 2.59. The van der Waals surface area contributed by atoms with Crippen molar-refractivity contribution < 1.29 is 27.8 Å². The number of hydrogen-bond donors (Lipinski definition) is 1. The summed E-state index contributed by atoms with van der Waals surface area (Å²) < 4.78 is 46.6. The van der Waals surface area contributed by atoms with Gasteiger partial charge in [-0.2, -0.15) is 18.4 Å². The number of benzene rings is 2. The van der Waals surface area contributed by atoms with Crippen LogP contribution in [0.4, 0.5) is 30.2 Å². The van der Waals surface area contributed by atoms with E-state index < -0.39 is 22.8 Å². The Labute approximate surface area is 204 Å². The van der Waals surface area contributed by atoms with Crippen LogP contribution in [0.1, 0.15) is 30.4 Å². The summed E-state index contributed by atoms with van der Waals surface area (Å²) in [6.45, 7) is 0.345. The first-order chi connectivity index (χ1) is 16.6. The Balaban J connectivity index is 1.57. The summed E-state index contributed by atoms with van der Waals surface area (Å²) in [7, 11) is 1.86. The Morgan fingerprint density at radius 1 is 1.23 bits per heavy atom. The molecule has 2 heterocycles. The number of hydrogen-bond acceptors (Lipinski definition) is 6. The number of aliphatic hydroxyl groups is 1. The molecule has 11 heteroatoms. The molecule has 1 amide bonds. The molecular formula is C24H21F3N4O3S. The largest absolute Gasteiger partial charge is 0.484 e. The molecule has 0 aromatic heterocycles. The normalized spacial score (nSPS) is 21.0. The molecule has 2 aromatic carbocycles. The lowest BCUT2D eigenvalue weighted by atomic mass is 9.75. The highest BCUT2D eigenvalue weighted by Crippen LogP contribution is 2.49. The molecule has 1 N–H and O–H groups in total. The average Bonchev–Trinajstić information content (AvgIpc) is 3.04. The lowest BCUT2D eigenvalue weighted by Gasteiger charge is -2.43. The van der Waals surface area contributed by atoms with Crippen molar-refractivity contribution in [1.82, 2.24) is 0 Å². The summed E-state index contributed by atoms with van der Waals surface area (Å²) in [6.07, 6.45) is -3.30. The highest BCUT2D eigenvalue weighted by atomic mass is 32.1. The number of anilines is 3. The fraction of sp³-hybridized carbons (Fsp3) is 0.375. The van der Waals surface area contributed by atoms with Gasteiger partial charge in [0.15, 0.2) is 5.11 Å². The van der Waals surface area contributed by atoms with Crippen LogP contribution in [-0.2, 0) is 11.0 Å². The first-order valence-electron chi connectivity index (χ1n) is 11.0. The lowest BCUT2D eigenvalue weighted by Crippen LogP contribution is -2.55. The Hall–Kier alpha value is -3.36. The molecule has 0 unspecified atom stereocenters. The summed E-state index contributed by atoms with van der Waals surface area (Å²) in [5.41, 5.74) is -1.24. The number of ether oxygens (including phenoxy) is 1. The Morgan fingerprint density at radius 3 is 2.54 bits per heavy atom. The zero-order chi connectivity index (χ0) is 25.1. The molecule has 2 aromatic rings. The molecule has 1 atom stereocenters. The van der Waals surface area contributed by atoms with Gasteiger partial charge in [0.2, 0.25) is 0 Å². The summed E-state index contributed by atoms with van der Waals surface area (Å²) >= 11 is 5.68. The SMILES string of the molecule is CN1C[C@H](CO)Oc2ccc(N3C(=S)N(c4ccc(C#N)c(C(F)(F)F)c4)C(=O)C34CCC4)cc21. The third-order valence-corrected chi connectivity index (χ3v) is 7.23. The molecule has 1 saturated carbocycles. The summed E-state index contributed by atoms with van der Waals surface area (Å²) in [5.74, 6) is 0.202. The monoisotopic (exact) mass is 502 g/mol. The molecule has 5 rings (SSSR count). The predicted octanol–water partition coefficient (Wildman–Crippen LogP) is 3.83. The molecule has 0 bridgehead atoms. The fourth-order valence-corrected chi connectivity index (χ4v) is 5.44. The molecule has 2 aliphatic heterocycles. The molecule has 2 fully saturated rings. The van der Waals surface area contributed by atoms with Gasteiger partial charge in [-0.1, -0.05) is 0 Å². The Kier molecular flexibility index (Phi) is 5.41. The Morgan fingerprint density at radius 2 is 1.94 bits per heavy atom. The number of carbonyl (C=O) groups is 1. The van der Waals surface area contributed by atoms with Crippen LogP contribution in [0.3, 0.4) is 0 Å². The quantitative estimate of drug-likeness (QED) is 0.639. The second-order valence-electron chi connectivity index (χ2n) is 8.94. The van der Waals surface area contributed by atoms with Crippen molar-refractivity contribution in [2.24, 2.45) is 0 Å². The molecular weight excluding hydrogens is 481 g/mol. The van der Waals surface area contributed by atoms with Crippen molar-refractivity contribution >= 4 is 40.3 Å². The second kappa shape index (κ2) is 8.10. The van der Waals surface area contributed by atoms with Crippen LogP contribution in [0.25, 0.3) is 0 Å². The van der Waals surface area contributed by atoms with Crippen LogP contribution in [0, 0.1) is 11.3 Å². The third-order valence-electron chi connectivity index (χ3n) is 6.87. The van der Waals surface area contributed by atoms with Crippen LogP contribution in [-0.4, -0.2) is 48.0 Å². The molecule has 182 valence electrons. The zero-order valence-corrected chi connectivity index (χ0v) is 19.5. The maximum atomic E-state index is 13.6. The molecule has 0 radical (unpaired) electrons. The maximum Gasteiger partial charge on any atom is 0.417 e. The average molecular weight is 503 g/mol. The molecule has 1 saturated heterocycles. The molecule has 3 aliphatic rings.